The van der Waals surface area contributed by atoms with Crippen LogP contribution in [0.3, 0.4) is 0 Å². The Bertz CT molecular complexity index is 988. The van der Waals surface area contributed by atoms with Crippen LogP contribution in [0.4, 0.5) is 0 Å². The van der Waals surface area contributed by atoms with Crippen molar-refractivity contribution < 1.29 is 26.6 Å². The fraction of sp³-hybridized carbons (Fsp3) is 0.571. The number of hydrogen-bond donors (Lipinski definition) is 0. The van der Waals surface area contributed by atoms with Crippen LogP contribution in [0.5, 0.6) is 17.2 Å². The largest absolute Gasteiger partial charge is 1.00 e. The summed E-state index contributed by atoms with van der Waals surface area (Å²) in [5, 5.41) is 0. The maximum atomic E-state index is 6.11. The lowest BCUT2D eigenvalue weighted by Crippen LogP contribution is -3.00. The van der Waals surface area contributed by atoms with Crippen LogP contribution in [0.25, 0.3) is 0 Å². The van der Waals surface area contributed by atoms with Gasteiger partial charge in [-0.2, -0.15) is 0 Å². The summed E-state index contributed by atoms with van der Waals surface area (Å²) in [6.07, 6.45) is 23.0. The molecule has 0 bridgehead atoms. The molecule has 3 aromatic carbocycles. The molecule has 0 unspecified atom stereocenters. The van der Waals surface area contributed by atoms with E-state index in [1.807, 2.05) is 0 Å². The topological polar surface area (TPSA) is 27.7 Å². The fourth-order valence-corrected chi connectivity index (χ4v) is 7.68. The second kappa shape index (κ2) is 26.6. The van der Waals surface area contributed by atoms with Gasteiger partial charge < -0.3 is 26.6 Å². The summed E-state index contributed by atoms with van der Waals surface area (Å²) in [6, 6.07) is 26.3. The lowest BCUT2D eigenvalue weighted by atomic mass is 10.1. The van der Waals surface area contributed by atoms with Crippen LogP contribution in [0.15, 0.2) is 87.5 Å². The molecule has 47 heavy (non-hydrogen) atoms. The predicted molar refractivity (Wildman–Crippen MR) is 198 cm³/mol. The Hall–Kier alpha value is -2.30. The maximum absolute atomic E-state index is 6.11. The van der Waals surface area contributed by atoms with E-state index in [1.165, 1.54) is 111 Å². The molecule has 3 aromatic rings. The molecule has 262 valence electrons. The number of benzene rings is 3. The van der Waals surface area contributed by atoms with Gasteiger partial charge in [-0.1, -0.05) is 117 Å². The van der Waals surface area contributed by atoms with E-state index in [9.17, 15) is 0 Å². The van der Waals surface area contributed by atoms with Gasteiger partial charge >= 0.3 is 0 Å². The molecule has 0 saturated carbocycles. The number of rotatable bonds is 27. The highest BCUT2D eigenvalue weighted by molar-refractivity contribution is 7.97. The Morgan fingerprint density at radius 1 is 0.340 bits per heavy atom. The molecule has 0 amide bonds. The minimum Gasteiger partial charge on any atom is -1.00 e. The van der Waals surface area contributed by atoms with Gasteiger partial charge in [-0.15, -0.1) is 0 Å². The molecular weight excluding hydrogens is 620 g/mol. The molecule has 0 spiro atoms. The first-order valence-electron chi connectivity index (χ1n) is 18.7. The monoisotopic (exact) mass is 682 g/mol. The SMILES string of the molecule is CCCCCCCCOc1ccc([S+](c2ccc(OCCCCCCCC)cc2)c2ccc(OCCCCCCCC)cc2)cc1.[Cl-]. The van der Waals surface area contributed by atoms with Crippen LogP contribution in [-0.2, 0) is 10.9 Å². The molecule has 3 rings (SSSR count). The van der Waals surface area contributed by atoms with Crippen molar-refractivity contribution in [3.05, 3.63) is 72.8 Å². The quantitative estimate of drug-likeness (QED) is 0.0592. The van der Waals surface area contributed by atoms with Crippen molar-refractivity contribution >= 4 is 10.9 Å². The number of unbranched alkanes of at least 4 members (excludes halogenated alkanes) is 15. The standard InChI is InChI=1S/C42H63O3S.ClH/c1-4-7-10-13-16-19-34-43-37-22-28-40(29-23-37)46(41-30-24-38(25-31-41)44-35-20-17-14-11-8-5-2)42-32-26-39(27-33-42)45-36-21-18-15-12-9-6-3;/h22-33H,4-21,34-36H2,1-3H3;1H/q+1;/p-1. The highest BCUT2D eigenvalue weighted by Crippen LogP contribution is 2.34. The fourth-order valence-electron chi connectivity index (χ4n) is 5.64. The molecule has 0 aliphatic heterocycles. The number of hydrogen-bond acceptors (Lipinski definition) is 3. The number of ether oxygens (including phenoxy) is 3. The smallest absolute Gasteiger partial charge is 0.166 e. The zero-order valence-electron chi connectivity index (χ0n) is 29.8. The Morgan fingerprint density at radius 3 is 0.830 bits per heavy atom. The van der Waals surface area contributed by atoms with Crippen molar-refractivity contribution in [1.29, 1.82) is 0 Å². The van der Waals surface area contributed by atoms with Gasteiger partial charge in [0.15, 0.2) is 14.7 Å². The zero-order chi connectivity index (χ0) is 32.5. The lowest BCUT2D eigenvalue weighted by molar-refractivity contribution is -0.0000112. The summed E-state index contributed by atoms with van der Waals surface area (Å²) in [5.41, 5.74) is 0. The van der Waals surface area contributed by atoms with Gasteiger partial charge in [0, 0.05) is 0 Å². The van der Waals surface area contributed by atoms with Gasteiger partial charge in [0.05, 0.1) is 30.7 Å². The Morgan fingerprint density at radius 2 is 0.574 bits per heavy atom. The first-order chi connectivity index (χ1) is 22.7. The van der Waals surface area contributed by atoms with Crippen molar-refractivity contribution in [1.82, 2.24) is 0 Å². The van der Waals surface area contributed by atoms with Gasteiger partial charge in [0.2, 0.25) is 0 Å². The number of halogens is 1. The van der Waals surface area contributed by atoms with E-state index in [4.69, 9.17) is 14.2 Å². The van der Waals surface area contributed by atoms with Crippen LogP contribution in [0.1, 0.15) is 136 Å². The highest BCUT2D eigenvalue weighted by Gasteiger charge is 2.29. The van der Waals surface area contributed by atoms with Gasteiger partial charge in [-0.25, -0.2) is 0 Å². The minimum absolute atomic E-state index is 0. The maximum Gasteiger partial charge on any atom is 0.166 e. The van der Waals surface area contributed by atoms with Crippen molar-refractivity contribution in [2.45, 2.75) is 151 Å². The molecule has 5 heteroatoms. The van der Waals surface area contributed by atoms with E-state index in [0.29, 0.717) is 0 Å². The molecule has 0 heterocycles. The Balaban J connectivity index is 0.00000768. The second-order valence-corrected chi connectivity index (χ2v) is 14.6. The van der Waals surface area contributed by atoms with E-state index in [0.717, 1.165) is 56.3 Å². The molecule has 3 nitrogen and oxygen atoms in total. The Labute approximate surface area is 297 Å². The van der Waals surface area contributed by atoms with Crippen LogP contribution >= 0.6 is 0 Å². The molecule has 0 fully saturated rings. The van der Waals surface area contributed by atoms with Crippen molar-refractivity contribution in [2.24, 2.45) is 0 Å². The molecule has 0 aliphatic carbocycles. The Kier molecular flexibility index (Phi) is 23.2. The highest BCUT2D eigenvalue weighted by atomic mass is 35.5. The molecule has 0 atom stereocenters. The van der Waals surface area contributed by atoms with E-state index < -0.39 is 0 Å². The summed E-state index contributed by atoms with van der Waals surface area (Å²) in [6.45, 7) is 9.16. The van der Waals surface area contributed by atoms with Crippen molar-refractivity contribution in [3.8, 4) is 17.2 Å². The molecular formula is C42H63ClO3S. The summed E-state index contributed by atoms with van der Waals surface area (Å²) in [7, 11) is -0.243. The molecule has 0 aromatic heterocycles. The van der Waals surface area contributed by atoms with E-state index in [2.05, 4.69) is 93.6 Å². The van der Waals surface area contributed by atoms with Crippen molar-refractivity contribution in [2.75, 3.05) is 19.8 Å². The van der Waals surface area contributed by atoms with Gasteiger partial charge in [-0.05, 0) is 92.1 Å². The van der Waals surface area contributed by atoms with Crippen molar-refractivity contribution in [3.63, 3.8) is 0 Å². The van der Waals surface area contributed by atoms with Gasteiger partial charge in [0.25, 0.3) is 0 Å². The molecule has 0 aliphatic rings. The van der Waals surface area contributed by atoms with E-state index in [1.54, 1.807) is 0 Å². The average molecular weight is 683 g/mol. The zero-order valence-corrected chi connectivity index (χ0v) is 31.4. The summed E-state index contributed by atoms with van der Waals surface area (Å²) in [4.78, 5) is 3.86. The average Bonchev–Trinajstić information content (AvgIpc) is 3.09. The minimum atomic E-state index is -0.243. The second-order valence-electron chi connectivity index (χ2n) is 12.6. The molecule has 0 saturated heterocycles. The molecule has 0 N–H and O–H groups in total. The van der Waals surface area contributed by atoms with E-state index >= 15 is 0 Å². The first kappa shape index (κ1) is 40.9. The first-order valence-corrected chi connectivity index (χ1v) is 19.9. The van der Waals surface area contributed by atoms with Gasteiger partial charge in [-0.3, -0.25) is 0 Å². The van der Waals surface area contributed by atoms with Crippen LogP contribution in [0, 0.1) is 0 Å². The van der Waals surface area contributed by atoms with Crippen LogP contribution in [0.2, 0.25) is 0 Å². The lowest BCUT2D eigenvalue weighted by Gasteiger charge is -2.12. The summed E-state index contributed by atoms with van der Waals surface area (Å²) < 4.78 is 18.3. The normalized spacial score (nSPS) is 11.0. The van der Waals surface area contributed by atoms with Gasteiger partial charge in [0.1, 0.15) is 17.2 Å². The predicted octanol–water partition coefficient (Wildman–Crippen LogP) is 10.0. The summed E-state index contributed by atoms with van der Waals surface area (Å²) >= 11 is 0. The third kappa shape index (κ3) is 17.1. The third-order valence-corrected chi connectivity index (χ3v) is 10.7. The molecule has 0 radical (unpaired) electrons. The summed E-state index contributed by atoms with van der Waals surface area (Å²) in [5.74, 6) is 2.87. The van der Waals surface area contributed by atoms with Crippen LogP contribution < -0.4 is 26.6 Å². The van der Waals surface area contributed by atoms with E-state index in [-0.39, 0.29) is 23.3 Å². The third-order valence-electron chi connectivity index (χ3n) is 8.48. The van der Waals surface area contributed by atoms with Crippen LogP contribution in [-0.4, -0.2) is 19.8 Å².